The van der Waals surface area contributed by atoms with Gasteiger partial charge in [-0.3, -0.25) is 0 Å². The minimum atomic E-state index is -3.79. The third-order valence-electron chi connectivity index (χ3n) is 5.95. The molecule has 2 aromatic carbocycles. The molecule has 180 valence electrons. The predicted molar refractivity (Wildman–Crippen MR) is 122 cm³/mol. The van der Waals surface area contributed by atoms with Crippen molar-refractivity contribution in [3.8, 4) is 0 Å². The summed E-state index contributed by atoms with van der Waals surface area (Å²) in [5.74, 6) is -0.383. The van der Waals surface area contributed by atoms with Gasteiger partial charge in [0.1, 0.15) is 17.2 Å². The molecule has 1 saturated heterocycles. The molecule has 0 unspecified atom stereocenters. The fourth-order valence-electron chi connectivity index (χ4n) is 4.09. The number of rotatable bonds is 5. The molecule has 0 aliphatic carbocycles. The second-order valence-corrected chi connectivity index (χ2v) is 11.0. The van der Waals surface area contributed by atoms with Crippen molar-refractivity contribution >= 4 is 33.1 Å². The van der Waals surface area contributed by atoms with E-state index in [4.69, 9.17) is 0 Å². The Labute approximate surface area is 198 Å². The number of aryl methyl sites for hydroxylation is 1. The first-order chi connectivity index (χ1) is 16.0. The normalized spacial score (nSPS) is 18.5. The van der Waals surface area contributed by atoms with Crippen LogP contribution in [0.15, 0.2) is 47.6 Å². The van der Waals surface area contributed by atoms with Crippen LogP contribution in [0.5, 0.6) is 0 Å². The zero-order valence-electron chi connectivity index (χ0n) is 18.3. The molecule has 4 rings (SSSR count). The molecule has 2 heterocycles. The molecule has 34 heavy (non-hydrogen) atoms. The van der Waals surface area contributed by atoms with Crippen LogP contribution in [0, 0.1) is 12.7 Å². The number of nitrogens with one attached hydrogen (secondary N) is 1. The number of carbonyl (C=O) groups excluding carboxylic acids is 1. The van der Waals surface area contributed by atoms with E-state index in [0.29, 0.717) is 22.6 Å². The first-order valence-corrected chi connectivity index (χ1v) is 12.9. The van der Waals surface area contributed by atoms with Gasteiger partial charge in [0.05, 0.1) is 16.0 Å². The standard InChI is InChI=1S/C22H21F3N4O3S2/c1-13-3-5-15(10-16(13)23)22(20-26-12-27-33-20)7-8-29(11-22)21(30)28-17-9-14(19(24)25)4-6-18(17)34(2,31)32/h3-6,9-10,12,19H,7-8,11H2,1-2H3,(H,28,30)/t22-/m0/s1. The maximum atomic E-state index is 14.4. The summed E-state index contributed by atoms with van der Waals surface area (Å²) in [4.78, 5) is 18.6. The van der Waals surface area contributed by atoms with Crippen molar-refractivity contribution in [1.82, 2.24) is 14.3 Å². The number of hydrogen-bond donors (Lipinski definition) is 1. The van der Waals surface area contributed by atoms with E-state index in [1.54, 1.807) is 19.1 Å². The summed E-state index contributed by atoms with van der Waals surface area (Å²) < 4.78 is 69.2. The fraction of sp³-hybridized carbons (Fsp3) is 0.318. The first-order valence-electron chi connectivity index (χ1n) is 10.2. The lowest BCUT2D eigenvalue weighted by Gasteiger charge is -2.28. The highest BCUT2D eigenvalue weighted by Crippen LogP contribution is 2.42. The molecule has 0 spiro atoms. The van der Waals surface area contributed by atoms with Gasteiger partial charge in [-0.25, -0.2) is 31.4 Å². The maximum Gasteiger partial charge on any atom is 0.321 e. The van der Waals surface area contributed by atoms with Crippen molar-refractivity contribution in [2.24, 2.45) is 0 Å². The average molecular weight is 511 g/mol. The lowest BCUT2D eigenvalue weighted by atomic mass is 9.80. The minimum absolute atomic E-state index is 0.124. The molecule has 2 amide bonds. The molecule has 12 heteroatoms. The Kier molecular flexibility index (Phi) is 6.38. The number of urea groups is 1. The number of amides is 2. The summed E-state index contributed by atoms with van der Waals surface area (Å²) in [6.07, 6.45) is -0.0859. The van der Waals surface area contributed by atoms with Crippen molar-refractivity contribution in [3.05, 3.63) is 70.2 Å². The van der Waals surface area contributed by atoms with Gasteiger partial charge in [0.2, 0.25) is 0 Å². The van der Waals surface area contributed by atoms with Crippen molar-refractivity contribution in [2.75, 3.05) is 24.7 Å². The van der Waals surface area contributed by atoms with E-state index in [2.05, 4.69) is 14.7 Å². The molecular weight excluding hydrogens is 489 g/mol. The van der Waals surface area contributed by atoms with Crippen LogP contribution in [0.3, 0.4) is 0 Å². The van der Waals surface area contributed by atoms with Gasteiger partial charge in [0.25, 0.3) is 6.43 Å². The van der Waals surface area contributed by atoms with Crippen LogP contribution in [0.1, 0.15) is 34.5 Å². The van der Waals surface area contributed by atoms with Crippen LogP contribution in [-0.4, -0.2) is 48.1 Å². The van der Waals surface area contributed by atoms with Gasteiger partial charge in [-0.1, -0.05) is 18.2 Å². The lowest BCUT2D eigenvalue weighted by molar-refractivity contribution is 0.151. The first kappa shape index (κ1) is 24.1. The molecule has 0 bridgehead atoms. The Morgan fingerprint density at radius 1 is 1.24 bits per heavy atom. The monoisotopic (exact) mass is 510 g/mol. The molecule has 0 radical (unpaired) electrons. The van der Waals surface area contributed by atoms with Gasteiger partial charge in [-0.2, -0.15) is 4.37 Å². The summed E-state index contributed by atoms with van der Waals surface area (Å²) >= 11 is 1.15. The van der Waals surface area contributed by atoms with E-state index in [1.807, 2.05) is 0 Å². The van der Waals surface area contributed by atoms with Gasteiger partial charge in [-0.05, 0) is 54.2 Å². The van der Waals surface area contributed by atoms with Gasteiger partial charge < -0.3 is 10.2 Å². The van der Waals surface area contributed by atoms with Crippen LogP contribution in [-0.2, 0) is 15.3 Å². The van der Waals surface area contributed by atoms with E-state index < -0.39 is 33.3 Å². The third-order valence-corrected chi connectivity index (χ3v) is 7.97. The zero-order chi connectivity index (χ0) is 24.7. The number of nitrogens with zero attached hydrogens (tertiary/aromatic N) is 3. The number of likely N-dealkylation sites (tertiary alicyclic amines) is 1. The van der Waals surface area contributed by atoms with E-state index in [-0.39, 0.29) is 29.5 Å². The Balaban J connectivity index is 1.66. The van der Waals surface area contributed by atoms with Gasteiger partial charge in [0.15, 0.2) is 9.84 Å². The molecule has 1 atom stereocenters. The van der Waals surface area contributed by atoms with Gasteiger partial charge in [0, 0.05) is 24.9 Å². The molecule has 1 aromatic heterocycles. The van der Waals surface area contributed by atoms with Crippen molar-refractivity contribution < 1.29 is 26.4 Å². The molecule has 0 saturated carbocycles. The quantitative estimate of drug-likeness (QED) is 0.544. The number of benzene rings is 2. The van der Waals surface area contributed by atoms with Gasteiger partial charge >= 0.3 is 6.03 Å². The number of aromatic nitrogens is 2. The SMILES string of the molecule is Cc1ccc([C@]2(c3ncns3)CCN(C(=O)Nc3cc(C(F)F)ccc3S(C)(=O)=O)C2)cc1F. The second kappa shape index (κ2) is 8.99. The summed E-state index contributed by atoms with van der Waals surface area (Å²) in [5, 5.41) is 3.09. The number of sulfone groups is 1. The van der Waals surface area contributed by atoms with Crippen LogP contribution in [0.2, 0.25) is 0 Å². The fourth-order valence-corrected chi connectivity index (χ4v) is 5.66. The number of hydrogen-bond acceptors (Lipinski definition) is 6. The highest BCUT2D eigenvalue weighted by atomic mass is 32.2. The smallest absolute Gasteiger partial charge is 0.321 e. The Bertz CT molecular complexity index is 1330. The van der Waals surface area contributed by atoms with Crippen molar-refractivity contribution in [2.45, 2.75) is 30.1 Å². The number of alkyl halides is 2. The molecule has 1 aliphatic heterocycles. The topological polar surface area (TPSA) is 92.3 Å². The van der Waals surface area contributed by atoms with Crippen LogP contribution in [0.25, 0.3) is 0 Å². The van der Waals surface area contributed by atoms with E-state index in [0.717, 1.165) is 36.0 Å². The predicted octanol–water partition coefficient (Wildman–Crippen LogP) is 4.55. The molecule has 1 fully saturated rings. The summed E-state index contributed by atoms with van der Waals surface area (Å²) in [7, 11) is -3.79. The van der Waals surface area contributed by atoms with Crippen LogP contribution in [0.4, 0.5) is 23.7 Å². The second-order valence-electron chi connectivity index (χ2n) is 8.22. The lowest BCUT2D eigenvalue weighted by Crippen LogP contribution is -2.38. The highest BCUT2D eigenvalue weighted by Gasteiger charge is 2.45. The average Bonchev–Trinajstić information content (AvgIpc) is 3.45. The van der Waals surface area contributed by atoms with Crippen LogP contribution >= 0.6 is 11.5 Å². The van der Waals surface area contributed by atoms with Crippen LogP contribution < -0.4 is 5.32 Å². The summed E-state index contributed by atoms with van der Waals surface area (Å²) in [6.45, 7) is 2.03. The third kappa shape index (κ3) is 4.51. The largest absolute Gasteiger partial charge is 0.323 e. The summed E-state index contributed by atoms with van der Waals surface area (Å²) in [5.41, 5.74) is -0.324. The Morgan fingerprint density at radius 3 is 2.62 bits per heavy atom. The van der Waals surface area contributed by atoms with Gasteiger partial charge in [-0.15, -0.1) is 0 Å². The molecule has 7 nitrogen and oxygen atoms in total. The number of anilines is 1. The Morgan fingerprint density at radius 2 is 2.00 bits per heavy atom. The van der Waals surface area contributed by atoms with E-state index >= 15 is 0 Å². The molecule has 1 N–H and O–H groups in total. The molecular formula is C22H21F3N4O3S2. The number of carbonyl (C=O) groups is 1. The van der Waals surface area contributed by atoms with E-state index in [9.17, 15) is 26.4 Å². The summed E-state index contributed by atoms with van der Waals surface area (Å²) in [6, 6.07) is 7.24. The zero-order valence-corrected chi connectivity index (χ0v) is 19.9. The molecule has 3 aromatic rings. The Hall–Kier alpha value is -2.99. The minimum Gasteiger partial charge on any atom is -0.323 e. The van der Waals surface area contributed by atoms with E-state index in [1.165, 1.54) is 17.3 Å². The maximum absolute atomic E-state index is 14.4. The molecule has 1 aliphatic rings. The van der Waals surface area contributed by atoms with Crippen molar-refractivity contribution in [3.63, 3.8) is 0 Å². The highest BCUT2D eigenvalue weighted by molar-refractivity contribution is 7.90. The van der Waals surface area contributed by atoms with Crippen molar-refractivity contribution in [1.29, 1.82) is 0 Å². The number of halogens is 3.